The van der Waals surface area contributed by atoms with Crippen molar-refractivity contribution in [1.82, 2.24) is 25.4 Å². The number of hydrogen-bond acceptors (Lipinski definition) is 4. The van der Waals surface area contributed by atoms with Gasteiger partial charge < -0.3 is 0 Å². The van der Waals surface area contributed by atoms with Gasteiger partial charge >= 0.3 is 0 Å². The van der Waals surface area contributed by atoms with E-state index in [9.17, 15) is 4.79 Å². The van der Waals surface area contributed by atoms with Crippen molar-refractivity contribution in [3.8, 4) is 0 Å². The first-order chi connectivity index (χ1) is 11.3. The third kappa shape index (κ3) is 4.75. The van der Waals surface area contributed by atoms with Gasteiger partial charge in [-0.05, 0) is 24.5 Å². The van der Waals surface area contributed by atoms with Crippen LogP contribution in [0, 0.1) is 0 Å². The first-order valence-corrected chi connectivity index (χ1v) is 7.97. The van der Waals surface area contributed by atoms with E-state index < -0.39 is 0 Å². The van der Waals surface area contributed by atoms with Gasteiger partial charge in [0.25, 0.3) is 5.91 Å². The predicted molar refractivity (Wildman–Crippen MR) is 88.2 cm³/mol. The summed E-state index contributed by atoms with van der Waals surface area (Å²) in [6.45, 7) is 2.52. The van der Waals surface area contributed by atoms with Crippen LogP contribution in [0.2, 0.25) is 0 Å². The first kappa shape index (κ1) is 15.4. The lowest BCUT2D eigenvalue weighted by atomic mass is 10.2. The van der Waals surface area contributed by atoms with Gasteiger partial charge in [-0.15, -0.1) is 5.10 Å². The van der Waals surface area contributed by atoms with Gasteiger partial charge in [-0.3, -0.25) is 10.2 Å². The van der Waals surface area contributed by atoms with Crippen molar-refractivity contribution in [1.29, 1.82) is 0 Å². The zero-order valence-electron chi connectivity index (χ0n) is 13.1. The second kappa shape index (κ2) is 7.69. The summed E-state index contributed by atoms with van der Waals surface area (Å²) in [5.74, 6) is -0.121. The molecule has 6 heteroatoms. The maximum atomic E-state index is 11.9. The summed E-state index contributed by atoms with van der Waals surface area (Å²) in [7, 11) is 0. The van der Waals surface area contributed by atoms with Crippen molar-refractivity contribution >= 4 is 12.0 Å². The minimum Gasteiger partial charge on any atom is -0.285 e. The second-order valence-corrected chi connectivity index (χ2v) is 5.68. The maximum Gasteiger partial charge on any atom is 0.258 e. The van der Waals surface area contributed by atoms with Crippen LogP contribution < -0.4 is 5.43 Å². The molecule has 1 saturated heterocycles. The smallest absolute Gasteiger partial charge is 0.258 e. The minimum atomic E-state index is -0.121. The van der Waals surface area contributed by atoms with Crippen molar-refractivity contribution in [2.24, 2.45) is 0 Å². The van der Waals surface area contributed by atoms with Gasteiger partial charge in [-0.2, -0.15) is 0 Å². The molecule has 0 atom stereocenters. The predicted octanol–water partition coefficient (Wildman–Crippen LogP) is 1.86. The van der Waals surface area contributed by atoms with Crippen LogP contribution in [0.1, 0.15) is 30.5 Å². The third-order valence-electron chi connectivity index (χ3n) is 3.77. The Morgan fingerprint density at radius 1 is 1.17 bits per heavy atom. The number of hydrogen-bond donors (Lipinski definition) is 1. The number of aromatic nitrogens is 3. The van der Waals surface area contributed by atoms with Crippen LogP contribution >= 0.6 is 0 Å². The van der Waals surface area contributed by atoms with Crippen LogP contribution in [0.5, 0.6) is 0 Å². The van der Waals surface area contributed by atoms with Crippen LogP contribution in [0.25, 0.3) is 6.08 Å². The quantitative estimate of drug-likeness (QED) is 0.856. The average Bonchev–Trinajstić information content (AvgIpc) is 3.02. The molecule has 0 spiro atoms. The molecule has 120 valence electrons. The summed E-state index contributed by atoms with van der Waals surface area (Å²) >= 11 is 0. The Kier molecular flexibility index (Phi) is 5.16. The van der Waals surface area contributed by atoms with Gasteiger partial charge in [-0.25, -0.2) is 9.69 Å². The molecule has 1 aromatic carbocycles. The molecule has 0 aliphatic carbocycles. The summed E-state index contributed by atoms with van der Waals surface area (Å²) in [4.78, 5) is 11.9. The molecule has 0 unspecified atom stereocenters. The Hall–Kier alpha value is -2.47. The highest BCUT2D eigenvalue weighted by Gasteiger charge is 2.11. The molecular formula is C17H21N5O. The molecule has 2 aromatic rings. The number of benzene rings is 1. The number of carbonyl (C=O) groups excluding carboxylic acids is 1. The zero-order valence-corrected chi connectivity index (χ0v) is 13.1. The summed E-state index contributed by atoms with van der Waals surface area (Å²) in [6, 6.07) is 10.1. The molecule has 3 rings (SSSR count). The molecule has 23 heavy (non-hydrogen) atoms. The molecule has 1 aliphatic rings. The molecule has 1 aromatic heterocycles. The van der Waals surface area contributed by atoms with Gasteiger partial charge in [0.15, 0.2) is 0 Å². The molecule has 0 radical (unpaired) electrons. The molecule has 1 N–H and O–H groups in total. The van der Waals surface area contributed by atoms with Crippen LogP contribution in [0.4, 0.5) is 0 Å². The highest BCUT2D eigenvalue weighted by Crippen LogP contribution is 2.06. The molecule has 0 saturated carbocycles. The molecule has 2 heterocycles. The van der Waals surface area contributed by atoms with E-state index in [0.29, 0.717) is 12.2 Å². The number of carbonyl (C=O) groups is 1. The fourth-order valence-electron chi connectivity index (χ4n) is 2.60. The molecule has 1 fully saturated rings. The number of nitrogens with one attached hydrogen (secondary N) is 1. The SMILES string of the molecule is O=C(/C=C/c1cn(Cc2ccccc2)nn1)NN1CCCCC1. The highest BCUT2D eigenvalue weighted by atomic mass is 16.2. The molecular weight excluding hydrogens is 290 g/mol. The number of hydrazine groups is 1. The van der Waals surface area contributed by atoms with Gasteiger partial charge in [-0.1, -0.05) is 42.0 Å². The molecule has 6 nitrogen and oxygen atoms in total. The molecule has 0 bridgehead atoms. The van der Waals surface area contributed by atoms with Crippen molar-refractivity contribution in [3.05, 3.63) is 53.9 Å². The zero-order chi connectivity index (χ0) is 15.9. The summed E-state index contributed by atoms with van der Waals surface area (Å²) in [5, 5.41) is 10.1. The van der Waals surface area contributed by atoms with Gasteiger partial charge in [0, 0.05) is 19.2 Å². The standard InChI is InChI=1S/C17H21N5O/c23-17(19-21-11-5-2-6-12-21)10-9-16-14-22(20-18-16)13-15-7-3-1-4-8-15/h1,3-4,7-10,14H,2,5-6,11-13H2,(H,19,23)/b10-9+. The Labute approximate surface area is 135 Å². The first-order valence-electron chi connectivity index (χ1n) is 7.97. The van der Waals surface area contributed by atoms with E-state index in [1.165, 1.54) is 12.5 Å². The lowest BCUT2D eigenvalue weighted by Gasteiger charge is -2.26. The van der Waals surface area contributed by atoms with E-state index in [1.54, 1.807) is 10.8 Å². The maximum absolute atomic E-state index is 11.9. The van der Waals surface area contributed by atoms with Crippen LogP contribution in [0.15, 0.2) is 42.6 Å². The van der Waals surface area contributed by atoms with Crippen LogP contribution in [-0.4, -0.2) is 39.0 Å². The highest BCUT2D eigenvalue weighted by molar-refractivity contribution is 5.91. The molecule has 1 amide bonds. The number of nitrogens with zero attached hydrogens (tertiary/aromatic N) is 4. The fraction of sp³-hybridized carbons (Fsp3) is 0.353. The number of piperidine rings is 1. The second-order valence-electron chi connectivity index (χ2n) is 5.68. The van der Waals surface area contributed by atoms with Crippen LogP contribution in [0.3, 0.4) is 0 Å². The fourth-order valence-corrected chi connectivity index (χ4v) is 2.60. The largest absolute Gasteiger partial charge is 0.285 e. The van der Waals surface area contributed by atoms with Crippen molar-refractivity contribution in [2.75, 3.05) is 13.1 Å². The summed E-state index contributed by atoms with van der Waals surface area (Å²) in [6.07, 6.45) is 8.54. The average molecular weight is 311 g/mol. The van der Waals surface area contributed by atoms with E-state index >= 15 is 0 Å². The summed E-state index contributed by atoms with van der Waals surface area (Å²) < 4.78 is 1.76. The Balaban J connectivity index is 1.52. The van der Waals surface area contributed by atoms with Crippen molar-refractivity contribution in [2.45, 2.75) is 25.8 Å². The van der Waals surface area contributed by atoms with Gasteiger partial charge in [0.05, 0.1) is 12.7 Å². The van der Waals surface area contributed by atoms with Gasteiger partial charge in [0.2, 0.25) is 0 Å². The number of amides is 1. The monoisotopic (exact) mass is 311 g/mol. The lowest BCUT2D eigenvalue weighted by molar-refractivity contribution is -0.121. The van der Waals surface area contributed by atoms with E-state index in [4.69, 9.17) is 0 Å². The van der Waals surface area contributed by atoms with E-state index in [-0.39, 0.29) is 5.91 Å². The van der Waals surface area contributed by atoms with Crippen molar-refractivity contribution in [3.63, 3.8) is 0 Å². The van der Waals surface area contributed by atoms with E-state index in [2.05, 4.69) is 15.7 Å². The van der Waals surface area contributed by atoms with Crippen LogP contribution in [-0.2, 0) is 11.3 Å². The van der Waals surface area contributed by atoms with E-state index in [1.807, 2.05) is 41.5 Å². The minimum absolute atomic E-state index is 0.121. The topological polar surface area (TPSA) is 63.1 Å². The van der Waals surface area contributed by atoms with Gasteiger partial charge in [0.1, 0.15) is 5.69 Å². The summed E-state index contributed by atoms with van der Waals surface area (Å²) in [5.41, 5.74) is 4.73. The van der Waals surface area contributed by atoms with E-state index in [0.717, 1.165) is 31.5 Å². The van der Waals surface area contributed by atoms with Crippen molar-refractivity contribution < 1.29 is 4.79 Å². The number of rotatable bonds is 5. The Bertz CT molecular complexity index is 659. The lowest BCUT2D eigenvalue weighted by Crippen LogP contribution is -2.44. The normalized spacial score (nSPS) is 15.8. The third-order valence-corrected chi connectivity index (χ3v) is 3.77. The Morgan fingerprint density at radius 3 is 2.74 bits per heavy atom. The Morgan fingerprint density at radius 2 is 1.96 bits per heavy atom. The molecule has 1 aliphatic heterocycles.